The zero-order valence-electron chi connectivity index (χ0n) is 8.02. The molecule has 2 aromatic heterocycles. The molecule has 4 nitrogen and oxygen atoms in total. The molecule has 0 unspecified atom stereocenters. The number of carbonyl (C=O) groups excluding carboxylic acids is 1. The lowest BCUT2D eigenvalue weighted by molar-refractivity contribution is 0.0592. The summed E-state index contributed by atoms with van der Waals surface area (Å²) in [4.78, 5) is 15.6. The second-order valence-corrected chi connectivity index (χ2v) is 3.00. The number of imidazole rings is 1. The monoisotopic (exact) mass is 190 g/mol. The number of rotatable bonds is 1. The van der Waals surface area contributed by atoms with E-state index >= 15 is 0 Å². The zero-order valence-corrected chi connectivity index (χ0v) is 8.02. The number of esters is 1. The highest BCUT2D eigenvalue weighted by molar-refractivity contribution is 5.88. The van der Waals surface area contributed by atoms with Crippen LogP contribution < -0.4 is 0 Å². The fourth-order valence-corrected chi connectivity index (χ4v) is 1.45. The van der Waals surface area contributed by atoms with E-state index < -0.39 is 0 Å². The number of hydrogen-bond donors (Lipinski definition) is 0. The fourth-order valence-electron chi connectivity index (χ4n) is 1.45. The van der Waals surface area contributed by atoms with Crippen LogP contribution in [0.3, 0.4) is 0 Å². The van der Waals surface area contributed by atoms with Gasteiger partial charge in [-0.1, -0.05) is 6.07 Å². The maximum absolute atomic E-state index is 11.4. The Kier molecular flexibility index (Phi) is 1.96. The minimum atomic E-state index is -0.350. The highest BCUT2D eigenvalue weighted by Crippen LogP contribution is 2.10. The van der Waals surface area contributed by atoms with Crippen LogP contribution in [0.2, 0.25) is 0 Å². The summed E-state index contributed by atoms with van der Waals surface area (Å²) in [5, 5.41) is 0. The van der Waals surface area contributed by atoms with Crippen molar-refractivity contribution in [3.05, 3.63) is 35.8 Å². The van der Waals surface area contributed by atoms with E-state index in [-0.39, 0.29) is 5.97 Å². The van der Waals surface area contributed by atoms with Crippen LogP contribution in [0.4, 0.5) is 0 Å². The van der Waals surface area contributed by atoms with Gasteiger partial charge in [0.1, 0.15) is 11.3 Å². The van der Waals surface area contributed by atoms with Crippen LogP contribution in [-0.4, -0.2) is 22.5 Å². The average molecular weight is 190 g/mol. The molecule has 0 atom stereocenters. The molecule has 0 aliphatic carbocycles. The van der Waals surface area contributed by atoms with E-state index in [1.54, 1.807) is 22.7 Å². The molecule has 2 aromatic rings. The number of carbonyl (C=O) groups is 1. The van der Waals surface area contributed by atoms with Gasteiger partial charge in [-0.3, -0.25) is 4.40 Å². The molecule has 0 bridgehead atoms. The van der Waals surface area contributed by atoms with Crippen molar-refractivity contribution in [3.8, 4) is 0 Å². The SMILES string of the molecule is COC(=O)c1cccc2ncc(C)n12. The predicted octanol–water partition coefficient (Wildman–Crippen LogP) is 1.43. The molecule has 0 aromatic carbocycles. The second-order valence-electron chi connectivity index (χ2n) is 3.00. The third-order valence-electron chi connectivity index (χ3n) is 2.10. The van der Waals surface area contributed by atoms with Crippen molar-refractivity contribution in [2.24, 2.45) is 0 Å². The summed E-state index contributed by atoms with van der Waals surface area (Å²) >= 11 is 0. The summed E-state index contributed by atoms with van der Waals surface area (Å²) in [6, 6.07) is 5.35. The number of nitrogens with zero attached hydrogens (tertiary/aromatic N) is 2. The average Bonchev–Trinajstić information content (AvgIpc) is 2.59. The number of aromatic nitrogens is 2. The molecule has 0 spiro atoms. The van der Waals surface area contributed by atoms with Gasteiger partial charge in [-0.15, -0.1) is 0 Å². The Balaban J connectivity index is 2.75. The van der Waals surface area contributed by atoms with Gasteiger partial charge in [-0.25, -0.2) is 9.78 Å². The van der Waals surface area contributed by atoms with Gasteiger partial charge in [-0.05, 0) is 19.1 Å². The van der Waals surface area contributed by atoms with E-state index in [0.717, 1.165) is 11.3 Å². The summed E-state index contributed by atoms with van der Waals surface area (Å²) in [6.07, 6.45) is 1.72. The summed E-state index contributed by atoms with van der Waals surface area (Å²) < 4.78 is 6.45. The number of hydrogen-bond acceptors (Lipinski definition) is 3. The number of ether oxygens (including phenoxy) is 1. The topological polar surface area (TPSA) is 43.6 Å². The van der Waals surface area contributed by atoms with E-state index in [0.29, 0.717) is 5.69 Å². The molecule has 0 fully saturated rings. The van der Waals surface area contributed by atoms with Crippen molar-refractivity contribution in [1.82, 2.24) is 9.38 Å². The highest BCUT2D eigenvalue weighted by atomic mass is 16.5. The first-order valence-corrected chi connectivity index (χ1v) is 4.25. The lowest BCUT2D eigenvalue weighted by Gasteiger charge is -2.04. The Labute approximate surface area is 81.1 Å². The number of pyridine rings is 1. The number of aryl methyl sites for hydroxylation is 1. The summed E-state index contributed by atoms with van der Waals surface area (Å²) in [5.41, 5.74) is 2.17. The Hall–Kier alpha value is -1.84. The van der Waals surface area contributed by atoms with Gasteiger partial charge in [0, 0.05) is 11.9 Å². The van der Waals surface area contributed by atoms with Gasteiger partial charge >= 0.3 is 5.97 Å². The van der Waals surface area contributed by atoms with Crippen LogP contribution in [0.5, 0.6) is 0 Å². The maximum Gasteiger partial charge on any atom is 0.355 e. The van der Waals surface area contributed by atoms with Crippen LogP contribution in [0.15, 0.2) is 24.4 Å². The van der Waals surface area contributed by atoms with E-state index in [1.165, 1.54) is 7.11 Å². The van der Waals surface area contributed by atoms with Crippen LogP contribution in [0.25, 0.3) is 5.65 Å². The molecule has 2 heterocycles. The van der Waals surface area contributed by atoms with Crippen molar-refractivity contribution in [2.45, 2.75) is 6.92 Å². The first-order chi connectivity index (χ1) is 6.74. The predicted molar refractivity (Wildman–Crippen MR) is 51.3 cm³/mol. The Morgan fingerprint density at radius 1 is 1.50 bits per heavy atom. The van der Waals surface area contributed by atoms with Crippen LogP contribution in [0, 0.1) is 6.92 Å². The third-order valence-corrected chi connectivity index (χ3v) is 2.10. The molecule has 2 rings (SSSR count). The second kappa shape index (κ2) is 3.14. The molecule has 72 valence electrons. The quantitative estimate of drug-likeness (QED) is 0.639. The van der Waals surface area contributed by atoms with Crippen molar-refractivity contribution >= 4 is 11.6 Å². The van der Waals surface area contributed by atoms with Gasteiger partial charge in [0.15, 0.2) is 0 Å². The van der Waals surface area contributed by atoms with Crippen molar-refractivity contribution in [1.29, 1.82) is 0 Å². The molecule has 4 heteroatoms. The van der Waals surface area contributed by atoms with E-state index in [4.69, 9.17) is 0 Å². The van der Waals surface area contributed by atoms with Gasteiger partial charge in [0.05, 0.1) is 7.11 Å². The van der Waals surface area contributed by atoms with E-state index in [9.17, 15) is 4.79 Å². The van der Waals surface area contributed by atoms with Crippen molar-refractivity contribution < 1.29 is 9.53 Å². The molecular formula is C10H10N2O2. The van der Waals surface area contributed by atoms with Crippen molar-refractivity contribution in [3.63, 3.8) is 0 Å². The lowest BCUT2D eigenvalue weighted by Crippen LogP contribution is -2.08. The minimum absolute atomic E-state index is 0.350. The summed E-state index contributed by atoms with van der Waals surface area (Å²) in [6.45, 7) is 1.90. The van der Waals surface area contributed by atoms with E-state index in [2.05, 4.69) is 9.72 Å². The minimum Gasteiger partial charge on any atom is -0.464 e. The molecule has 0 amide bonds. The van der Waals surface area contributed by atoms with Crippen LogP contribution in [-0.2, 0) is 4.74 Å². The molecule has 0 aliphatic rings. The van der Waals surface area contributed by atoms with Crippen LogP contribution >= 0.6 is 0 Å². The Bertz CT molecular complexity index is 488. The first-order valence-electron chi connectivity index (χ1n) is 4.25. The summed E-state index contributed by atoms with van der Waals surface area (Å²) in [7, 11) is 1.37. The third kappa shape index (κ3) is 1.16. The van der Waals surface area contributed by atoms with E-state index in [1.807, 2.05) is 13.0 Å². The lowest BCUT2D eigenvalue weighted by atomic mass is 10.3. The smallest absolute Gasteiger partial charge is 0.355 e. The molecular weight excluding hydrogens is 180 g/mol. The standard InChI is InChI=1S/C10H10N2O2/c1-7-6-11-9-5-3-4-8(12(7)9)10(13)14-2/h3-6H,1-2H3. The molecule has 14 heavy (non-hydrogen) atoms. The fraction of sp³-hybridized carbons (Fsp3) is 0.200. The summed E-state index contributed by atoms with van der Waals surface area (Å²) in [5.74, 6) is -0.350. The molecule has 0 aliphatic heterocycles. The van der Waals surface area contributed by atoms with Crippen LogP contribution in [0.1, 0.15) is 16.2 Å². The van der Waals surface area contributed by atoms with Crippen molar-refractivity contribution in [2.75, 3.05) is 7.11 Å². The largest absolute Gasteiger partial charge is 0.464 e. The highest BCUT2D eigenvalue weighted by Gasteiger charge is 2.11. The van der Waals surface area contributed by atoms with Gasteiger partial charge in [-0.2, -0.15) is 0 Å². The maximum atomic E-state index is 11.4. The zero-order chi connectivity index (χ0) is 10.1. The first kappa shape index (κ1) is 8.74. The molecule has 0 saturated heterocycles. The molecule has 0 N–H and O–H groups in total. The molecule has 0 radical (unpaired) electrons. The van der Waals surface area contributed by atoms with Gasteiger partial charge < -0.3 is 4.74 Å². The Morgan fingerprint density at radius 2 is 2.29 bits per heavy atom. The molecule has 0 saturated carbocycles. The Morgan fingerprint density at radius 3 is 3.00 bits per heavy atom. The normalized spacial score (nSPS) is 10.4. The van der Waals surface area contributed by atoms with Gasteiger partial charge in [0.2, 0.25) is 0 Å². The van der Waals surface area contributed by atoms with Gasteiger partial charge in [0.25, 0.3) is 0 Å². The number of fused-ring (bicyclic) bond motifs is 1. The number of methoxy groups -OCH3 is 1.